The first-order valence-corrected chi connectivity index (χ1v) is 8.47. The summed E-state index contributed by atoms with van der Waals surface area (Å²) in [5.74, 6) is 0.443. The van der Waals surface area contributed by atoms with Crippen LogP contribution in [0.5, 0.6) is 0 Å². The topological polar surface area (TPSA) is 52.6 Å². The van der Waals surface area contributed by atoms with E-state index >= 15 is 0 Å². The molecule has 1 fully saturated rings. The lowest BCUT2D eigenvalue weighted by molar-refractivity contribution is 0.249. The summed E-state index contributed by atoms with van der Waals surface area (Å²) in [7, 11) is 1.10. The maximum Gasteiger partial charge on any atom is 0.211 e. The van der Waals surface area contributed by atoms with E-state index in [9.17, 15) is 8.42 Å². The lowest BCUT2D eigenvalue weighted by Crippen LogP contribution is -2.45. The largest absolute Gasteiger partial charge is 0.313 e. The molecule has 2 unspecified atom stereocenters. The van der Waals surface area contributed by atoms with Gasteiger partial charge in [0.25, 0.3) is 0 Å². The van der Waals surface area contributed by atoms with Gasteiger partial charge in [0, 0.05) is 25.7 Å². The van der Waals surface area contributed by atoms with E-state index in [2.05, 4.69) is 31.2 Å². The molecule has 5 nitrogen and oxygen atoms in total. The minimum absolute atomic E-state index is 0.439. The molecule has 0 aliphatic carbocycles. The Balaban J connectivity index is 2.35. The van der Waals surface area contributed by atoms with Gasteiger partial charge in [-0.25, -0.2) is 12.7 Å². The van der Waals surface area contributed by atoms with Crippen LogP contribution >= 0.6 is 0 Å². The van der Waals surface area contributed by atoms with E-state index in [0.717, 1.165) is 25.9 Å². The smallest absolute Gasteiger partial charge is 0.211 e. The zero-order valence-electron chi connectivity index (χ0n) is 12.0. The van der Waals surface area contributed by atoms with Crippen molar-refractivity contribution >= 4 is 10.0 Å². The van der Waals surface area contributed by atoms with Crippen LogP contribution < -0.4 is 5.32 Å². The lowest BCUT2D eigenvalue weighted by Gasteiger charge is -2.32. The number of likely N-dealkylation sites (N-methyl/N-ethyl adjacent to an activating group) is 1. The number of hydrogen-bond donors (Lipinski definition) is 1. The molecular weight excluding hydrogens is 250 g/mol. The summed E-state index contributed by atoms with van der Waals surface area (Å²) in [6.07, 6.45) is 3.40. The van der Waals surface area contributed by atoms with Crippen LogP contribution in [0.4, 0.5) is 0 Å². The lowest BCUT2D eigenvalue weighted by atomic mass is 9.99. The van der Waals surface area contributed by atoms with Crippen molar-refractivity contribution < 1.29 is 8.42 Å². The molecular formula is C12H27N3O2S. The number of nitrogens with one attached hydrogen (secondary N) is 1. The Morgan fingerprint density at radius 2 is 2.11 bits per heavy atom. The molecule has 1 aliphatic rings. The monoisotopic (exact) mass is 277 g/mol. The van der Waals surface area contributed by atoms with Crippen molar-refractivity contribution in [2.45, 2.75) is 25.8 Å². The Labute approximate surface area is 112 Å². The molecule has 1 heterocycles. The molecule has 0 bridgehead atoms. The van der Waals surface area contributed by atoms with Gasteiger partial charge in [0.1, 0.15) is 0 Å². The van der Waals surface area contributed by atoms with Crippen LogP contribution in [-0.4, -0.2) is 70.2 Å². The van der Waals surface area contributed by atoms with Gasteiger partial charge in [-0.1, -0.05) is 0 Å². The molecule has 6 heteroatoms. The highest BCUT2D eigenvalue weighted by Crippen LogP contribution is 2.18. The third-order valence-electron chi connectivity index (χ3n) is 3.34. The van der Waals surface area contributed by atoms with Crippen LogP contribution in [0.1, 0.15) is 19.8 Å². The highest BCUT2D eigenvalue weighted by atomic mass is 32.2. The van der Waals surface area contributed by atoms with Gasteiger partial charge in [0.15, 0.2) is 0 Å². The molecule has 18 heavy (non-hydrogen) atoms. The fourth-order valence-corrected chi connectivity index (χ4v) is 3.42. The normalized spacial score (nSPS) is 24.4. The summed E-state index contributed by atoms with van der Waals surface area (Å²) in [6.45, 7) is 5.42. The maximum absolute atomic E-state index is 11.5. The van der Waals surface area contributed by atoms with Gasteiger partial charge in [0.2, 0.25) is 10.0 Å². The van der Waals surface area contributed by atoms with Crippen LogP contribution in [0.3, 0.4) is 0 Å². The van der Waals surface area contributed by atoms with Gasteiger partial charge >= 0.3 is 0 Å². The van der Waals surface area contributed by atoms with E-state index in [1.807, 2.05) is 0 Å². The van der Waals surface area contributed by atoms with Crippen molar-refractivity contribution in [2.24, 2.45) is 5.92 Å². The third-order valence-corrected chi connectivity index (χ3v) is 4.61. The third kappa shape index (κ3) is 5.65. The summed E-state index contributed by atoms with van der Waals surface area (Å²) in [4.78, 5) is 2.15. The predicted molar refractivity (Wildman–Crippen MR) is 75.2 cm³/mol. The minimum atomic E-state index is -3.02. The second-order valence-corrected chi connectivity index (χ2v) is 7.68. The van der Waals surface area contributed by atoms with E-state index in [1.165, 1.54) is 6.26 Å². The molecule has 1 saturated heterocycles. The fourth-order valence-electron chi connectivity index (χ4n) is 2.47. The van der Waals surface area contributed by atoms with Crippen LogP contribution in [0.25, 0.3) is 0 Å². The summed E-state index contributed by atoms with van der Waals surface area (Å²) < 4.78 is 24.6. The molecule has 0 aromatic heterocycles. The summed E-state index contributed by atoms with van der Waals surface area (Å²) >= 11 is 0. The van der Waals surface area contributed by atoms with Gasteiger partial charge in [0.05, 0.1) is 6.26 Å². The molecule has 0 radical (unpaired) electrons. The average Bonchev–Trinajstić information content (AvgIpc) is 2.25. The van der Waals surface area contributed by atoms with Gasteiger partial charge in [-0.05, 0) is 46.3 Å². The molecule has 0 aromatic rings. The van der Waals surface area contributed by atoms with Crippen molar-refractivity contribution in [2.75, 3.05) is 46.5 Å². The second kappa shape index (κ2) is 6.84. The molecule has 0 saturated carbocycles. The first kappa shape index (κ1) is 15.9. The predicted octanol–water partition coefficient (Wildman–Crippen LogP) is 0.198. The highest BCUT2D eigenvalue weighted by molar-refractivity contribution is 7.88. The fraction of sp³-hybridized carbons (Fsp3) is 1.00. The van der Waals surface area contributed by atoms with Crippen LogP contribution in [0.15, 0.2) is 0 Å². The maximum atomic E-state index is 11.5. The van der Waals surface area contributed by atoms with E-state index < -0.39 is 10.0 Å². The summed E-state index contributed by atoms with van der Waals surface area (Å²) in [5, 5.41) is 3.49. The van der Waals surface area contributed by atoms with Gasteiger partial charge in [-0.3, -0.25) is 0 Å². The molecule has 0 amide bonds. The Hall–Kier alpha value is -0.170. The molecule has 1 N–H and O–H groups in total. The molecule has 2 atom stereocenters. The first-order valence-electron chi connectivity index (χ1n) is 6.62. The van der Waals surface area contributed by atoms with Gasteiger partial charge in [-0.15, -0.1) is 0 Å². The van der Waals surface area contributed by atoms with E-state index in [-0.39, 0.29) is 0 Å². The average molecular weight is 277 g/mol. The van der Waals surface area contributed by atoms with Gasteiger partial charge in [-0.2, -0.15) is 0 Å². The van der Waals surface area contributed by atoms with Crippen LogP contribution in [-0.2, 0) is 10.0 Å². The minimum Gasteiger partial charge on any atom is -0.313 e. The molecule has 0 spiro atoms. The van der Waals surface area contributed by atoms with E-state index in [0.29, 0.717) is 25.0 Å². The van der Waals surface area contributed by atoms with Crippen LogP contribution in [0, 0.1) is 5.92 Å². The van der Waals surface area contributed by atoms with E-state index in [4.69, 9.17) is 0 Å². The Morgan fingerprint density at radius 1 is 1.44 bits per heavy atom. The van der Waals surface area contributed by atoms with Crippen molar-refractivity contribution in [1.29, 1.82) is 0 Å². The van der Waals surface area contributed by atoms with Gasteiger partial charge < -0.3 is 10.2 Å². The summed E-state index contributed by atoms with van der Waals surface area (Å²) in [6, 6.07) is 0.439. The number of hydrogen-bond acceptors (Lipinski definition) is 4. The van der Waals surface area contributed by atoms with E-state index in [1.54, 1.807) is 4.31 Å². The zero-order chi connectivity index (χ0) is 13.8. The quantitative estimate of drug-likeness (QED) is 0.753. The highest BCUT2D eigenvalue weighted by Gasteiger charge is 2.25. The van der Waals surface area contributed by atoms with Crippen molar-refractivity contribution in [3.8, 4) is 0 Å². The van der Waals surface area contributed by atoms with Crippen molar-refractivity contribution in [1.82, 2.24) is 14.5 Å². The number of nitrogens with zero attached hydrogens (tertiary/aromatic N) is 2. The number of rotatable bonds is 6. The Morgan fingerprint density at radius 3 is 2.67 bits per heavy atom. The zero-order valence-corrected chi connectivity index (χ0v) is 12.8. The first-order chi connectivity index (χ1) is 8.29. The van der Waals surface area contributed by atoms with Crippen molar-refractivity contribution in [3.05, 3.63) is 0 Å². The number of sulfonamides is 1. The Bertz CT molecular complexity index is 343. The SMILES string of the molecule is CC(CN(C)C)NCC1CCCN(S(C)(=O)=O)C1. The molecule has 1 aliphatic heterocycles. The van der Waals surface area contributed by atoms with Crippen molar-refractivity contribution in [3.63, 3.8) is 0 Å². The molecule has 1 rings (SSSR count). The standard InChI is InChI=1S/C12H27N3O2S/c1-11(9-14(2)3)13-8-12-6-5-7-15(10-12)18(4,16)17/h11-13H,5-10H2,1-4H3. The Kier molecular flexibility index (Phi) is 6.04. The second-order valence-electron chi connectivity index (χ2n) is 5.70. The molecule has 108 valence electrons. The molecule has 0 aromatic carbocycles. The summed E-state index contributed by atoms with van der Waals surface area (Å²) in [5.41, 5.74) is 0. The number of piperidine rings is 1. The van der Waals surface area contributed by atoms with Crippen LogP contribution in [0.2, 0.25) is 0 Å².